The van der Waals surface area contributed by atoms with E-state index in [9.17, 15) is 19.8 Å². The van der Waals surface area contributed by atoms with Crippen molar-refractivity contribution >= 4 is 51.8 Å². The second kappa shape index (κ2) is 11.9. The van der Waals surface area contributed by atoms with E-state index in [-0.39, 0.29) is 11.1 Å². The van der Waals surface area contributed by atoms with Gasteiger partial charge in [-0.2, -0.15) is 8.75 Å². The predicted octanol–water partition coefficient (Wildman–Crippen LogP) is 7.91. The number of carbonyl (C=O) groups is 2. The first-order valence-corrected chi connectivity index (χ1v) is 14.2. The average molecular weight is 604 g/mol. The molecule has 0 aliphatic rings. The van der Waals surface area contributed by atoms with E-state index >= 15 is 0 Å². The molecular weight excluding hydrogens is 578 g/mol. The van der Waals surface area contributed by atoms with Crippen LogP contribution in [0.3, 0.4) is 0 Å². The van der Waals surface area contributed by atoms with Gasteiger partial charge in [0.25, 0.3) is 0 Å². The number of ether oxygens (including phenoxy) is 2. The molecule has 0 fully saturated rings. The molecule has 0 bridgehead atoms. The molecule has 0 amide bonds. The zero-order chi connectivity index (χ0) is 30.8. The summed E-state index contributed by atoms with van der Waals surface area (Å²) in [6.07, 6.45) is 0. The molecule has 44 heavy (non-hydrogen) atoms. The second-order valence-electron chi connectivity index (χ2n) is 9.77. The van der Waals surface area contributed by atoms with Gasteiger partial charge >= 0.3 is 11.9 Å². The van der Waals surface area contributed by atoms with E-state index < -0.39 is 11.9 Å². The minimum absolute atomic E-state index is 0.274. The summed E-state index contributed by atoms with van der Waals surface area (Å²) in [5, 5.41) is 19.0. The van der Waals surface area contributed by atoms with Crippen LogP contribution < -0.4 is 14.4 Å². The summed E-state index contributed by atoms with van der Waals surface area (Å²) in [4.78, 5) is 25.4. The number of carboxylic acids is 2. The highest BCUT2D eigenvalue weighted by molar-refractivity contribution is 7.00. The molecule has 218 valence electrons. The fraction of sp³-hybridized carbons (Fsp3) is 0.0588. The number of fused-ring (bicyclic) bond motifs is 1. The van der Waals surface area contributed by atoms with Crippen LogP contribution in [0.2, 0.25) is 0 Å². The SMILES string of the molecule is COc1ccc(N(c2ccc(OC)cc2)c2ccc(-c3ccc(-c4ccc(C(=O)O)c(C(=O)O)c4)c4nsnc34)cc2)cc1. The molecule has 0 unspecified atom stereocenters. The van der Waals surface area contributed by atoms with Crippen molar-refractivity contribution < 1.29 is 29.3 Å². The molecule has 5 aromatic carbocycles. The standard InChI is InChI=1S/C34H25N3O6S/c1-42-25-12-8-23(9-13-25)37(24-10-14-26(43-2)15-11-24)22-6-3-20(4-7-22)27-17-18-28(32-31(27)35-44-36-32)21-5-16-29(33(38)39)30(19-21)34(40)41/h3-19H,1-2H3,(H,38,39)(H,40,41). The van der Waals surface area contributed by atoms with Crippen LogP contribution in [0, 0.1) is 0 Å². The van der Waals surface area contributed by atoms with E-state index in [1.165, 1.54) is 12.1 Å². The lowest BCUT2D eigenvalue weighted by Crippen LogP contribution is -2.09. The van der Waals surface area contributed by atoms with Crippen LogP contribution in [0.25, 0.3) is 33.3 Å². The molecule has 1 heterocycles. The Morgan fingerprint density at radius 3 is 1.48 bits per heavy atom. The van der Waals surface area contributed by atoms with Gasteiger partial charge in [0.2, 0.25) is 0 Å². The highest BCUT2D eigenvalue weighted by Gasteiger charge is 2.20. The van der Waals surface area contributed by atoms with Crippen LogP contribution in [0.4, 0.5) is 17.1 Å². The minimum atomic E-state index is -1.31. The van der Waals surface area contributed by atoms with Crippen LogP contribution in [0.5, 0.6) is 11.5 Å². The number of rotatable bonds is 9. The Labute approximate surface area is 256 Å². The summed E-state index contributed by atoms with van der Waals surface area (Å²) < 4.78 is 19.8. The maximum absolute atomic E-state index is 11.8. The van der Waals surface area contributed by atoms with Crippen molar-refractivity contribution in [3.05, 3.63) is 114 Å². The van der Waals surface area contributed by atoms with Gasteiger partial charge in [0, 0.05) is 28.2 Å². The first-order chi connectivity index (χ1) is 21.4. The molecule has 9 nitrogen and oxygen atoms in total. The van der Waals surface area contributed by atoms with Gasteiger partial charge in [0.1, 0.15) is 22.5 Å². The summed E-state index contributed by atoms with van der Waals surface area (Å²) in [5.41, 5.74) is 6.56. The maximum Gasteiger partial charge on any atom is 0.336 e. The molecular formula is C34H25N3O6S. The Balaban J connectivity index is 1.39. The number of nitrogens with zero attached hydrogens (tertiary/aromatic N) is 3. The van der Waals surface area contributed by atoms with Gasteiger partial charge in [-0.1, -0.05) is 30.3 Å². The zero-order valence-electron chi connectivity index (χ0n) is 23.6. The van der Waals surface area contributed by atoms with Crippen LogP contribution in [-0.2, 0) is 0 Å². The van der Waals surface area contributed by atoms with Crippen LogP contribution >= 0.6 is 11.7 Å². The number of aromatic carboxylic acids is 2. The van der Waals surface area contributed by atoms with Crippen LogP contribution in [0.15, 0.2) is 103 Å². The first-order valence-electron chi connectivity index (χ1n) is 13.4. The van der Waals surface area contributed by atoms with Gasteiger partial charge in [0.05, 0.1) is 37.1 Å². The quantitative estimate of drug-likeness (QED) is 0.170. The number of aromatic nitrogens is 2. The monoisotopic (exact) mass is 603 g/mol. The summed E-state index contributed by atoms with van der Waals surface area (Å²) in [6, 6.07) is 31.8. The van der Waals surface area contributed by atoms with Gasteiger partial charge in [-0.25, -0.2) is 9.59 Å². The third-order valence-electron chi connectivity index (χ3n) is 7.30. The molecule has 1 aromatic heterocycles. The van der Waals surface area contributed by atoms with E-state index in [4.69, 9.17) is 9.47 Å². The lowest BCUT2D eigenvalue weighted by Gasteiger charge is -2.26. The van der Waals surface area contributed by atoms with Crippen molar-refractivity contribution in [1.82, 2.24) is 8.75 Å². The normalized spacial score (nSPS) is 10.9. The van der Waals surface area contributed by atoms with Gasteiger partial charge in [-0.05, 0) is 83.9 Å². The summed E-state index contributed by atoms with van der Waals surface area (Å²) in [7, 11) is 3.28. The number of carboxylic acid groups (broad SMARTS) is 2. The van der Waals surface area contributed by atoms with E-state index in [1.807, 2.05) is 84.9 Å². The molecule has 0 saturated carbocycles. The van der Waals surface area contributed by atoms with Gasteiger partial charge in [-0.3, -0.25) is 0 Å². The first kappa shape index (κ1) is 28.4. The number of hydrogen-bond acceptors (Lipinski definition) is 8. The van der Waals surface area contributed by atoms with Gasteiger partial charge in [0.15, 0.2) is 0 Å². The molecule has 0 saturated heterocycles. The summed E-state index contributed by atoms with van der Waals surface area (Å²) >= 11 is 1.06. The summed E-state index contributed by atoms with van der Waals surface area (Å²) in [5.74, 6) is -1.09. The van der Waals surface area contributed by atoms with Crippen LogP contribution in [-0.4, -0.2) is 45.1 Å². The molecule has 0 aliphatic heterocycles. The highest BCUT2D eigenvalue weighted by Crippen LogP contribution is 2.39. The van der Waals surface area contributed by atoms with E-state index in [2.05, 4.69) is 13.6 Å². The lowest BCUT2D eigenvalue weighted by atomic mass is 9.95. The number of methoxy groups -OCH3 is 2. The van der Waals surface area contributed by atoms with Crippen molar-refractivity contribution in [3.63, 3.8) is 0 Å². The lowest BCUT2D eigenvalue weighted by molar-refractivity contribution is 0.0651. The summed E-state index contributed by atoms with van der Waals surface area (Å²) in [6.45, 7) is 0. The van der Waals surface area contributed by atoms with E-state index in [1.54, 1.807) is 20.3 Å². The topological polar surface area (TPSA) is 122 Å². The Kier molecular flexibility index (Phi) is 7.65. The number of anilines is 3. The van der Waals surface area contributed by atoms with E-state index in [0.717, 1.165) is 51.4 Å². The smallest absolute Gasteiger partial charge is 0.336 e. The Morgan fingerprint density at radius 2 is 1.02 bits per heavy atom. The molecule has 0 radical (unpaired) electrons. The number of hydrogen-bond donors (Lipinski definition) is 2. The number of benzene rings is 5. The van der Waals surface area contributed by atoms with Crippen molar-refractivity contribution in [3.8, 4) is 33.8 Å². The third-order valence-corrected chi connectivity index (χ3v) is 7.83. The van der Waals surface area contributed by atoms with Gasteiger partial charge < -0.3 is 24.6 Å². The molecule has 10 heteroatoms. The molecule has 2 N–H and O–H groups in total. The van der Waals surface area contributed by atoms with Crippen molar-refractivity contribution in [2.24, 2.45) is 0 Å². The Morgan fingerprint density at radius 1 is 0.591 bits per heavy atom. The fourth-order valence-electron chi connectivity index (χ4n) is 5.11. The second-order valence-corrected chi connectivity index (χ2v) is 10.3. The molecule has 0 spiro atoms. The zero-order valence-corrected chi connectivity index (χ0v) is 24.4. The molecule has 0 atom stereocenters. The minimum Gasteiger partial charge on any atom is -0.497 e. The van der Waals surface area contributed by atoms with Crippen molar-refractivity contribution in [1.29, 1.82) is 0 Å². The predicted molar refractivity (Wildman–Crippen MR) is 170 cm³/mol. The highest BCUT2D eigenvalue weighted by atomic mass is 32.1. The Hall–Kier alpha value is -5.74. The average Bonchev–Trinajstić information content (AvgIpc) is 3.55. The van der Waals surface area contributed by atoms with E-state index in [0.29, 0.717) is 22.2 Å². The molecule has 0 aliphatic carbocycles. The van der Waals surface area contributed by atoms with Crippen molar-refractivity contribution in [2.75, 3.05) is 19.1 Å². The molecule has 6 aromatic rings. The largest absolute Gasteiger partial charge is 0.497 e. The van der Waals surface area contributed by atoms with Crippen LogP contribution in [0.1, 0.15) is 20.7 Å². The third kappa shape index (κ3) is 5.30. The van der Waals surface area contributed by atoms with Gasteiger partial charge in [-0.15, -0.1) is 0 Å². The Bertz CT molecular complexity index is 1940. The molecule has 6 rings (SSSR count). The van der Waals surface area contributed by atoms with Crippen molar-refractivity contribution in [2.45, 2.75) is 0 Å². The maximum atomic E-state index is 11.8. The fourth-order valence-corrected chi connectivity index (χ4v) is 5.68.